The Morgan fingerprint density at radius 2 is 0.588 bits per heavy atom. The van der Waals surface area contributed by atoms with Gasteiger partial charge in [-0.1, -0.05) is 366 Å². The lowest BCUT2D eigenvalue weighted by Crippen LogP contribution is -2.45. The summed E-state index contributed by atoms with van der Waals surface area (Å²) < 4.78 is 5.50. The van der Waals surface area contributed by atoms with Gasteiger partial charge in [-0.3, -0.25) is 9.59 Å². The van der Waals surface area contributed by atoms with E-state index in [-0.39, 0.29) is 18.5 Å². The Hall–Kier alpha value is -1.66. The Bertz CT molecular complexity index is 1250. The first-order valence-electron chi connectivity index (χ1n) is 36.6. The first-order valence-corrected chi connectivity index (χ1v) is 36.6. The molecule has 474 valence electrons. The van der Waals surface area contributed by atoms with Crippen LogP contribution in [-0.4, -0.2) is 47.4 Å². The predicted octanol–water partition coefficient (Wildman–Crippen LogP) is 23.7. The molecule has 0 rings (SSSR count). The highest BCUT2D eigenvalue weighted by molar-refractivity contribution is 5.76. The maximum Gasteiger partial charge on any atom is 0.305 e. The lowest BCUT2D eigenvalue weighted by molar-refractivity contribution is -0.143. The summed E-state index contributed by atoms with van der Waals surface area (Å²) in [5, 5.41) is 23.0. The van der Waals surface area contributed by atoms with Crippen molar-refractivity contribution < 1.29 is 24.5 Å². The number of unbranched alkanes of at least 4 members (excludes halogenated alkanes) is 56. The summed E-state index contributed by atoms with van der Waals surface area (Å²) in [5.41, 5.74) is 0. The van der Waals surface area contributed by atoms with Crippen LogP contribution in [-0.2, 0) is 14.3 Å². The van der Waals surface area contributed by atoms with Gasteiger partial charge in [-0.25, -0.2) is 0 Å². The molecular formula is C74H143NO5. The molecule has 0 spiro atoms. The van der Waals surface area contributed by atoms with Crippen molar-refractivity contribution in [2.24, 2.45) is 0 Å². The van der Waals surface area contributed by atoms with E-state index in [0.717, 1.165) is 38.5 Å². The molecule has 6 nitrogen and oxygen atoms in total. The van der Waals surface area contributed by atoms with Crippen molar-refractivity contribution in [3.05, 3.63) is 24.3 Å². The van der Waals surface area contributed by atoms with Gasteiger partial charge in [0, 0.05) is 12.8 Å². The SMILES string of the molecule is CCCCCCCCC/C=C/C(O)C(CO)NC(=O)CCCCCCCCCCCCCCCCCCC/C=C\CCCCCCCCCCCCCCCCCCCCOC(=O)CCCCCCCCCCCCCCCCC. The molecule has 0 aromatic rings. The van der Waals surface area contributed by atoms with Gasteiger partial charge < -0.3 is 20.3 Å². The maximum absolute atomic E-state index is 12.4. The van der Waals surface area contributed by atoms with Crippen LogP contribution >= 0.6 is 0 Å². The van der Waals surface area contributed by atoms with Crippen LogP contribution in [0.1, 0.15) is 412 Å². The van der Waals surface area contributed by atoms with Crippen LogP contribution in [0.5, 0.6) is 0 Å². The monoisotopic (exact) mass is 1130 g/mol. The molecule has 0 saturated carbocycles. The summed E-state index contributed by atoms with van der Waals surface area (Å²) in [6.07, 6.45) is 88.8. The summed E-state index contributed by atoms with van der Waals surface area (Å²) in [4.78, 5) is 24.5. The van der Waals surface area contributed by atoms with Crippen LogP contribution in [0, 0.1) is 0 Å². The molecule has 0 aliphatic heterocycles. The Morgan fingerprint density at radius 1 is 0.338 bits per heavy atom. The third-order valence-electron chi connectivity index (χ3n) is 17.2. The Morgan fingerprint density at radius 3 is 0.887 bits per heavy atom. The van der Waals surface area contributed by atoms with Crippen LogP contribution in [0.15, 0.2) is 24.3 Å². The van der Waals surface area contributed by atoms with E-state index in [0.29, 0.717) is 19.4 Å². The molecule has 0 bridgehead atoms. The van der Waals surface area contributed by atoms with E-state index < -0.39 is 12.1 Å². The van der Waals surface area contributed by atoms with Gasteiger partial charge in [0.05, 0.1) is 25.4 Å². The van der Waals surface area contributed by atoms with Crippen molar-refractivity contribution in [2.75, 3.05) is 13.2 Å². The van der Waals surface area contributed by atoms with Crippen LogP contribution in [0.2, 0.25) is 0 Å². The molecule has 1 amide bonds. The molecule has 0 aromatic carbocycles. The second kappa shape index (κ2) is 69.8. The number of allylic oxidation sites excluding steroid dienone is 3. The number of carbonyl (C=O) groups is 2. The number of aliphatic hydroxyl groups is 2. The minimum absolute atomic E-state index is 0.0258. The fourth-order valence-corrected chi connectivity index (χ4v) is 11.6. The highest BCUT2D eigenvalue weighted by Gasteiger charge is 2.18. The molecule has 0 saturated heterocycles. The number of nitrogens with one attached hydrogen (secondary N) is 1. The van der Waals surface area contributed by atoms with E-state index in [2.05, 4.69) is 31.3 Å². The standard InChI is InChI=1S/C74H143NO5/c1-3-5-7-9-11-13-14-15-41-45-48-52-56-60-64-68-74(79)80-69-65-61-57-53-49-46-43-40-38-36-34-32-30-28-26-24-22-20-18-16-17-19-21-23-25-27-29-31-33-35-37-39-42-44-47-51-55-59-63-67-73(78)75-71(70-76)72(77)66-62-58-54-50-12-10-8-6-4-2/h16-17,62,66,71-72,76-77H,3-15,18-61,63-65,67-70H2,1-2H3,(H,75,78)/b17-16-,66-62+. The van der Waals surface area contributed by atoms with E-state index in [9.17, 15) is 19.8 Å². The quantitative estimate of drug-likeness (QED) is 0.0320. The highest BCUT2D eigenvalue weighted by atomic mass is 16.5. The molecule has 0 radical (unpaired) electrons. The molecule has 3 N–H and O–H groups in total. The van der Waals surface area contributed by atoms with Crippen LogP contribution < -0.4 is 5.32 Å². The van der Waals surface area contributed by atoms with Gasteiger partial charge >= 0.3 is 5.97 Å². The minimum Gasteiger partial charge on any atom is -0.466 e. The number of rotatable bonds is 69. The Balaban J connectivity index is 3.29. The molecule has 0 aliphatic carbocycles. The van der Waals surface area contributed by atoms with Crippen molar-refractivity contribution in [3.8, 4) is 0 Å². The lowest BCUT2D eigenvalue weighted by Gasteiger charge is -2.20. The fraction of sp³-hybridized carbons (Fsp3) is 0.919. The summed E-state index contributed by atoms with van der Waals surface area (Å²) >= 11 is 0. The zero-order valence-electron chi connectivity index (χ0n) is 54.3. The van der Waals surface area contributed by atoms with Crippen molar-refractivity contribution in [1.29, 1.82) is 0 Å². The molecule has 2 atom stereocenters. The molecular weight excluding hydrogens is 983 g/mol. The van der Waals surface area contributed by atoms with Gasteiger partial charge in [-0.2, -0.15) is 0 Å². The number of carbonyl (C=O) groups excluding carboxylic acids is 2. The summed E-state index contributed by atoms with van der Waals surface area (Å²) in [7, 11) is 0. The number of ether oxygens (including phenoxy) is 1. The summed E-state index contributed by atoms with van der Waals surface area (Å²) in [6, 6.07) is -0.622. The highest BCUT2D eigenvalue weighted by Crippen LogP contribution is 2.19. The number of hydrogen-bond donors (Lipinski definition) is 3. The normalized spacial score (nSPS) is 12.6. The van der Waals surface area contributed by atoms with Gasteiger partial charge in [-0.15, -0.1) is 0 Å². The minimum atomic E-state index is -0.838. The van der Waals surface area contributed by atoms with Gasteiger partial charge in [0.15, 0.2) is 0 Å². The number of hydrogen-bond acceptors (Lipinski definition) is 5. The third kappa shape index (κ3) is 65.5. The van der Waals surface area contributed by atoms with Crippen molar-refractivity contribution in [1.82, 2.24) is 5.32 Å². The molecule has 2 unspecified atom stereocenters. The first kappa shape index (κ1) is 78.3. The van der Waals surface area contributed by atoms with E-state index >= 15 is 0 Å². The van der Waals surface area contributed by atoms with Crippen molar-refractivity contribution >= 4 is 11.9 Å². The smallest absolute Gasteiger partial charge is 0.305 e. The summed E-state index contributed by atoms with van der Waals surface area (Å²) in [6.45, 7) is 4.91. The lowest BCUT2D eigenvalue weighted by atomic mass is 10.0. The van der Waals surface area contributed by atoms with Crippen molar-refractivity contribution in [2.45, 2.75) is 424 Å². The van der Waals surface area contributed by atoms with Gasteiger partial charge in [0.1, 0.15) is 0 Å². The predicted molar refractivity (Wildman–Crippen MR) is 352 cm³/mol. The average Bonchev–Trinajstić information content (AvgIpc) is 3.46. The van der Waals surface area contributed by atoms with Crippen LogP contribution in [0.4, 0.5) is 0 Å². The van der Waals surface area contributed by atoms with Gasteiger partial charge in [0.25, 0.3) is 0 Å². The summed E-state index contributed by atoms with van der Waals surface area (Å²) in [5.74, 6) is -0.0389. The molecule has 0 aliphatic rings. The second-order valence-corrected chi connectivity index (χ2v) is 25.3. The van der Waals surface area contributed by atoms with Crippen molar-refractivity contribution in [3.63, 3.8) is 0 Å². The third-order valence-corrected chi connectivity index (χ3v) is 17.2. The molecule has 0 aromatic heterocycles. The van der Waals surface area contributed by atoms with E-state index in [1.165, 1.54) is 347 Å². The zero-order chi connectivity index (χ0) is 57.8. The fourth-order valence-electron chi connectivity index (χ4n) is 11.6. The molecule has 0 heterocycles. The second-order valence-electron chi connectivity index (χ2n) is 25.3. The largest absolute Gasteiger partial charge is 0.466 e. The van der Waals surface area contributed by atoms with Gasteiger partial charge in [-0.05, 0) is 57.8 Å². The molecule has 6 heteroatoms. The topological polar surface area (TPSA) is 95.9 Å². The maximum atomic E-state index is 12.4. The first-order chi connectivity index (χ1) is 39.5. The Kier molecular flexibility index (Phi) is 68.4. The number of amides is 1. The number of esters is 1. The van der Waals surface area contributed by atoms with E-state index in [4.69, 9.17) is 4.74 Å². The van der Waals surface area contributed by atoms with Gasteiger partial charge in [0.2, 0.25) is 5.91 Å². The van der Waals surface area contributed by atoms with E-state index in [1.807, 2.05) is 6.08 Å². The zero-order valence-corrected chi connectivity index (χ0v) is 54.3. The van der Waals surface area contributed by atoms with E-state index in [1.54, 1.807) is 6.08 Å². The number of aliphatic hydroxyl groups excluding tert-OH is 2. The molecule has 80 heavy (non-hydrogen) atoms. The Labute approximate surface area is 501 Å². The molecule has 0 fully saturated rings. The van der Waals surface area contributed by atoms with Crippen LogP contribution in [0.25, 0.3) is 0 Å². The average molecular weight is 1130 g/mol. The van der Waals surface area contributed by atoms with Crippen LogP contribution in [0.3, 0.4) is 0 Å².